The van der Waals surface area contributed by atoms with Crippen LogP contribution in [-0.2, 0) is 29.9 Å². The molecule has 1 amide bonds. The number of rotatable bonds is 9. The van der Waals surface area contributed by atoms with Gasteiger partial charge in [0.25, 0.3) is 0 Å². The molecule has 1 fully saturated rings. The highest BCUT2D eigenvalue weighted by molar-refractivity contribution is 7.85. The van der Waals surface area contributed by atoms with Gasteiger partial charge in [0.1, 0.15) is 17.4 Å². The molecule has 7 nitrogen and oxygen atoms in total. The summed E-state index contributed by atoms with van der Waals surface area (Å²) in [6.07, 6.45) is 5.62. The van der Waals surface area contributed by atoms with Crippen LogP contribution in [0.15, 0.2) is 0 Å². The molecular weight excluding hydrogens is 320 g/mol. The van der Waals surface area contributed by atoms with Gasteiger partial charge < -0.3 is 15.5 Å². The Morgan fingerprint density at radius 2 is 1.96 bits per heavy atom. The number of esters is 1. The van der Waals surface area contributed by atoms with Gasteiger partial charge in [-0.15, -0.1) is 0 Å². The van der Waals surface area contributed by atoms with Crippen molar-refractivity contribution < 1.29 is 23.3 Å². The van der Waals surface area contributed by atoms with E-state index in [-0.39, 0.29) is 18.9 Å². The van der Waals surface area contributed by atoms with Crippen LogP contribution in [0.2, 0.25) is 0 Å². The minimum Gasteiger partial charge on any atom is -0.461 e. The number of Topliss-reactive ketones (excluding diaryl/α,β-unsaturated/α-hetero) is 1. The first-order valence-electron chi connectivity index (χ1n) is 7.71. The second-order valence-electron chi connectivity index (χ2n) is 5.69. The van der Waals surface area contributed by atoms with Crippen LogP contribution in [-0.4, -0.2) is 51.7 Å². The lowest BCUT2D eigenvalue weighted by Gasteiger charge is -2.21. The average molecular weight is 344 g/mol. The quantitative estimate of drug-likeness (QED) is 0.473. The number of carbonyl (C=O) groups is 3. The minimum absolute atomic E-state index is 0.0300. The van der Waals surface area contributed by atoms with Crippen molar-refractivity contribution in [1.29, 1.82) is 5.41 Å². The first-order valence-corrected chi connectivity index (χ1v) is 9.33. The number of hydrogen-bond donors (Lipinski definition) is 2. The Labute approximate surface area is 138 Å². The summed E-state index contributed by atoms with van der Waals surface area (Å²) >= 11 is 0. The summed E-state index contributed by atoms with van der Waals surface area (Å²) in [4.78, 5) is 35.5. The highest BCUT2D eigenvalue weighted by Gasteiger charge is 2.29. The van der Waals surface area contributed by atoms with E-state index in [1.54, 1.807) is 0 Å². The molecule has 0 aromatic heterocycles. The fraction of sp³-hybridized carbons (Fsp3) is 0.733. The zero-order valence-corrected chi connectivity index (χ0v) is 14.3. The number of amides is 1. The first-order chi connectivity index (χ1) is 10.8. The zero-order chi connectivity index (χ0) is 17.4. The molecule has 1 aliphatic carbocycles. The van der Waals surface area contributed by atoms with Gasteiger partial charge >= 0.3 is 5.97 Å². The van der Waals surface area contributed by atoms with Gasteiger partial charge in [0.05, 0.1) is 6.21 Å². The number of nitrogens with one attached hydrogen (secondary N) is 2. The molecule has 0 saturated heterocycles. The highest BCUT2D eigenvalue weighted by atomic mass is 32.2. The molecule has 1 saturated carbocycles. The lowest BCUT2D eigenvalue weighted by atomic mass is 10.1. The molecule has 8 heteroatoms. The van der Waals surface area contributed by atoms with Crippen LogP contribution in [0.3, 0.4) is 0 Å². The van der Waals surface area contributed by atoms with Crippen molar-refractivity contribution in [3.8, 4) is 0 Å². The maximum Gasteiger partial charge on any atom is 0.328 e. The topological polar surface area (TPSA) is 113 Å². The van der Waals surface area contributed by atoms with E-state index >= 15 is 0 Å². The maximum atomic E-state index is 12.2. The zero-order valence-electron chi connectivity index (χ0n) is 13.5. The number of ether oxygens (including phenoxy) is 1. The third-order valence-corrected chi connectivity index (χ3v) is 5.10. The van der Waals surface area contributed by atoms with Gasteiger partial charge in [0, 0.05) is 23.5 Å². The second kappa shape index (κ2) is 9.54. The van der Waals surface area contributed by atoms with Crippen molar-refractivity contribution in [2.45, 2.75) is 62.8 Å². The van der Waals surface area contributed by atoms with Crippen LogP contribution in [0.25, 0.3) is 0 Å². The van der Waals surface area contributed by atoms with E-state index in [1.165, 1.54) is 13.2 Å². The molecule has 0 bridgehead atoms. The van der Waals surface area contributed by atoms with Crippen molar-refractivity contribution in [2.75, 3.05) is 6.26 Å². The number of ketones is 1. The fourth-order valence-electron chi connectivity index (χ4n) is 2.30. The third kappa shape index (κ3) is 6.60. The Morgan fingerprint density at radius 1 is 1.35 bits per heavy atom. The number of hydrogen-bond acceptors (Lipinski definition) is 6. The fourth-order valence-corrected chi connectivity index (χ4v) is 2.67. The van der Waals surface area contributed by atoms with Crippen molar-refractivity contribution in [3.63, 3.8) is 0 Å². The molecule has 1 unspecified atom stereocenters. The smallest absolute Gasteiger partial charge is 0.328 e. The molecule has 1 rings (SSSR count). The van der Waals surface area contributed by atoms with E-state index in [4.69, 9.17) is 10.1 Å². The van der Waals surface area contributed by atoms with Gasteiger partial charge in [-0.1, -0.05) is 0 Å². The van der Waals surface area contributed by atoms with Crippen molar-refractivity contribution >= 4 is 34.7 Å². The summed E-state index contributed by atoms with van der Waals surface area (Å²) in [5.41, 5.74) is 0. The monoisotopic (exact) mass is 344 g/mol. The average Bonchev–Trinajstić information content (AvgIpc) is 3.02. The SMILES string of the molecule is C[C@@H](C(=O)N[C@@H](CCC(=O)C=N)C(=O)OC1CCCC1)S(C)=O. The summed E-state index contributed by atoms with van der Waals surface area (Å²) in [6, 6.07) is -0.960. The first kappa shape index (κ1) is 19.5. The van der Waals surface area contributed by atoms with E-state index in [9.17, 15) is 18.6 Å². The molecule has 0 spiro atoms. The van der Waals surface area contributed by atoms with Gasteiger partial charge in [-0.05, 0) is 39.0 Å². The maximum absolute atomic E-state index is 12.2. The van der Waals surface area contributed by atoms with E-state index in [1.807, 2.05) is 0 Å². The molecule has 130 valence electrons. The summed E-state index contributed by atoms with van der Waals surface area (Å²) in [5, 5.41) is 8.65. The van der Waals surface area contributed by atoms with Crippen LogP contribution >= 0.6 is 0 Å². The van der Waals surface area contributed by atoms with E-state index < -0.39 is 39.8 Å². The van der Waals surface area contributed by atoms with Gasteiger partial charge in [-0.3, -0.25) is 13.8 Å². The molecule has 0 heterocycles. The highest BCUT2D eigenvalue weighted by Crippen LogP contribution is 2.21. The summed E-state index contributed by atoms with van der Waals surface area (Å²) in [7, 11) is -1.36. The van der Waals surface area contributed by atoms with Gasteiger partial charge in [-0.25, -0.2) is 4.79 Å². The Morgan fingerprint density at radius 3 is 2.48 bits per heavy atom. The molecule has 0 radical (unpaired) electrons. The van der Waals surface area contributed by atoms with Crippen LogP contribution in [0, 0.1) is 5.41 Å². The van der Waals surface area contributed by atoms with Crippen LogP contribution in [0.4, 0.5) is 0 Å². The predicted molar refractivity (Wildman–Crippen MR) is 86.8 cm³/mol. The Kier molecular flexibility index (Phi) is 8.08. The Balaban J connectivity index is 2.68. The lowest BCUT2D eigenvalue weighted by molar-refractivity contribution is -0.153. The summed E-state index contributed by atoms with van der Waals surface area (Å²) < 4.78 is 16.8. The van der Waals surface area contributed by atoms with Gasteiger partial charge in [0.2, 0.25) is 5.91 Å². The third-order valence-electron chi connectivity index (χ3n) is 3.89. The van der Waals surface area contributed by atoms with E-state index in [0.717, 1.165) is 25.7 Å². The van der Waals surface area contributed by atoms with Crippen LogP contribution in [0.5, 0.6) is 0 Å². The molecule has 2 N–H and O–H groups in total. The molecule has 0 aromatic carbocycles. The molecule has 0 aliphatic heterocycles. The molecular formula is C15H24N2O5S. The van der Waals surface area contributed by atoms with Gasteiger partial charge in [0.15, 0.2) is 5.78 Å². The van der Waals surface area contributed by atoms with E-state index in [2.05, 4.69) is 5.32 Å². The Hall–Kier alpha value is -1.57. The molecule has 1 aliphatic rings. The van der Waals surface area contributed by atoms with Gasteiger partial charge in [-0.2, -0.15) is 0 Å². The van der Waals surface area contributed by atoms with Crippen molar-refractivity contribution in [1.82, 2.24) is 5.32 Å². The second-order valence-corrected chi connectivity index (χ2v) is 7.40. The molecule has 3 atom stereocenters. The standard InChI is InChI=1S/C15H24N2O5S/c1-10(23(2)21)14(19)17-13(8-7-11(18)9-16)15(20)22-12-5-3-4-6-12/h9-10,12-13,16H,3-8H2,1-2H3,(H,17,19)/t10-,13-,23?/m0/s1. The number of carbonyl (C=O) groups excluding carboxylic acids is 3. The van der Waals surface area contributed by atoms with Crippen LogP contribution in [0.1, 0.15) is 45.4 Å². The minimum atomic E-state index is -1.36. The summed E-state index contributed by atoms with van der Waals surface area (Å²) in [6.45, 7) is 1.51. The van der Waals surface area contributed by atoms with Crippen molar-refractivity contribution in [2.24, 2.45) is 0 Å². The van der Waals surface area contributed by atoms with Crippen LogP contribution < -0.4 is 5.32 Å². The summed E-state index contributed by atoms with van der Waals surface area (Å²) in [5.74, 6) is -1.51. The largest absolute Gasteiger partial charge is 0.461 e. The molecule has 23 heavy (non-hydrogen) atoms. The van der Waals surface area contributed by atoms with Crippen molar-refractivity contribution in [3.05, 3.63) is 0 Å². The normalized spacial score (nSPS) is 18.7. The predicted octanol–water partition coefficient (Wildman–Crippen LogP) is 0.723. The lowest BCUT2D eigenvalue weighted by Crippen LogP contribution is -2.47. The molecule has 0 aromatic rings. The Bertz CT molecular complexity index is 488. The van der Waals surface area contributed by atoms with E-state index in [0.29, 0.717) is 6.21 Å².